The fourth-order valence-corrected chi connectivity index (χ4v) is 6.91. The summed E-state index contributed by atoms with van der Waals surface area (Å²) in [6.07, 6.45) is -2.70. The first-order chi connectivity index (χ1) is 21.4. The van der Waals surface area contributed by atoms with Crippen LogP contribution in [-0.4, -0.2) is 83.2 Å². The summed E-state index contributed by atoms with van der Waals surface area (Å²) in [6, 6.07) is 13.0. The summed E-state index contributed by atoms with van der Waals surface area (Å²) in [5, 5.41) is 14.7. The van der Waals surface area contributed by atoms with Crippen LogP contribution in [0.3, 0.4) is 0 Å². The number of primary amides is 1. The maximum absolute atomic E-state index is 13.6. The zero-order valence-electron chi connectivity index (χ0n) is 25.7. The molecule has 45 heavy (non-hydrogen) atoms. The van der Waals surface area contributed by atoms with E-state index >= 15 is 0 Å². The molecular formula is C31H43N3O10S. The Morgan fingerprint density at radius 2 is 1.80 bits per heavy atom. The first-order valence-corrected chi connectivity index (χ1v) is 16.4. The molecule has 2 aliphatic heterocycles. The van der Waals surface area contributed by atoms with Crippen molar-refractivity contribution < 1.29 is 46.8 Å². The van der Waals surface area contributed by atoms with Crippen molar-refractivity contribution in [2.75, 3.05) is 26.9 Å². The molecule has 2 aromatic rings. The molecule has 0 bridgehead atoms. The highest BCUT2D eigenvalue weighted by molar-refractivity contribution is 7.89. The smallest absolute Gasteiger partial charge is 0.407 e. The summed E-state index contributed by atoms with van der Waals surface area (Å²) in [4.78, 5) is 24.3. The Bertz CT molecular complexity index is 1370. The minimum absolute atomic E-state index is 0.00370. The molecule has 1 unspecified atom stereocenters. The van der Waals surface area contributed by atoms with Gasteiger partial charge in [0.25, 0.3) is 0 Å². The molecule has 5 N–H and O–H groups in total. The molecule has 0 radical (unpaired) electrons. The van der Waals surface area contributed by atoms with E-state index in [1.807, 2.05) is 44.2 Å². The number of carbonyl (C=O) groups excluding carboxylic acids is 2. The van der Waals surface area contributed by atoms with Gasteiger partial charge in [0.15, 0.2) is 6.29 Å². The second kappa shape index (κ2) is 15.2. The van der Waals surface area contributed by atoms with Crippen LogP contribution in [-0.2, 0) is 35.4 Å². The van der Waals surface area contributed by atoms with Gasteiger partial charge in [0, 0.05) is 0 Å². The number of sulfonamides is 1. The Labute approximate surface area is 263 Å². The van der Waals surface area contributed by atoms with E-state index in [4.69, 9.17) is 29.4 Å². The monoisotopic (exact) mass is 649 g/mol. The number of aliphatic hydroxyl groups is 1. The number of fused-ring (bicyclic) bond motifs is 1. The van der Waals surface area contributed by atoms with E-state index < -0.39 is 58.2 Å². The average Bonchev–Trinajstić information content (AvgIpc) is 3.61. The number of ether oxygens (including phenoxy) is 5. The van der Waals surface area contributed by atoms with Gasteiger partial charge in [-0.3, -0.25) is 0 Å². The molecule has 2 fully saturated rings. The third-order valence-corrected chi connectivity index (χ3v) is 9.65. The average molecular weight is 650 g/mol. The maximum atomic E-state index is 13.6. The molecule has 0 saturated carbocycles. The number of methoxy groups -OCH3 is 1. The van der Waals surface area contributed by atoms with Crippen LogP contribution in [0.25, 0.3) is 0 Å². The highest BCUT2D eigenvalue weighted by Crippen LogP contribution is 2.33. The van der Waals surface area contributed by atoms with E-state index in [1.165, 1.54) is 31.4 Å². The first-order valence-electron chi connectivity index (χ1n) is 14.9. The molecular weight excluding hydrogens is 606 g/mol. The summed E-state index contributed by atoms with van der Waals surface area (Å²) in [5.41, 5.74) is 5.29. The number of benzene rings is 2. The second-order valence-electron chi connectivity index (χ2n) is 12.1. The van der Waals surface area contributed by atoms with E-state index in [2.05, 4.69) is 10.0 Å². The number of rotatable bonds is 15. The molecule has 2 saturated heterocycles. The normalized spacial score (nSPS) is 21.7. The molecule has 0 aliphatic carbocycles. The number of hydrogen-bond donors (Lipinski definition) is 4. The Morgan fingerprint density at radius 1 is 1.09 bits per heavy atom. The van der Waals surface area contributed by atoms with Gasteiger partial charge in [-0.15, -0.1) is 0 Å². The molecule has 14 heteroatoms. The topological polar surface area (TPSA) is 185 Å². The standard InChI is InChI=1S/C31H43N3O10S/c1-31(2,14-16-42-29(32)36)18-25(34-45(38,39)22-11-9-21(40-3)10-12-22)27(35)24(17-20-7-5-4-6-8-20)33-30(37)44-26-19-43-28-23(26)13-15-41-28/h4-12,23-28,34-35H,13-19H2,1-3H3,(H2,32,36)(H,33,37)/t23-,24-,25?,26-,27+,28+/m0/s1. The van der Waals surface area contributed by atoms with Gasteiger partial charge in [-0.25, -0.2) is 22.7 Å². The fraction of sp³-hybridized carbons (Fsp3) is 0.548. The van der Waals surface area contributed by atoms with E-state index in [1.54, 1.807) is 0 Å². The van der Waals surface area contributed by atoms with Gasteiger partial charge in [-0.1, -0.05) is 44.2 Å². The molecule has 0 spiro atoms. The number of amides is 2. The number of carbonyl (C=O) groups is 2. The van der Waals surface area contributed by atoms with Crippen molar-refractivity contribution in [3.63, 3.8) is 0 Å². The van der Waals surface area contributed by atoms with Gasteiger partial charge in [-0.05, 0) is 60.9 Å². The van der Waals surface area contributed by atoms with Crippen LogP contribution in [0.4, 0.5) is 9.59 Å². The molecule has 6 atom stereocenters. The zero-order valence-corrected chi connectivity index (χ0v) is 26.5. The van der Waals surface area contributed by atoms with Crippen LogP contribution in [0, 0.1) is 11.3 Å². The third kappa shape index (κ3) is 9.78. The molecule has 13 nitrogen and oxygen atoms in total. The zero-order chi connectivity index (χ0) is 32.6. The number of hydrogen-bond acceptors (Lipinski definition) is 10. The SMILES string of the molecule is COc1ccc(S(=O)(=O)NC(CC(C)(C)CCOC(N)=O)[C@H](O)[C@H](Cc2ccccc2)NC(=O)O[C@H]2CO[C@H]3OCC[C@H]32)cc1. The summed E-state index contributed by atoms with van der Waals surface area (Å²) < 4.78 is 56.7. The predicted octanol–water partition coefficient (Wildman–Crippen LogP) is 2.70. The van der Waals surface area contributed by atoms with Crippen molar-refractivity contribution in [3.05, 3.63) is 60.2 Å². The minimum atomic E-state index is -4.14. The van der Waals surface area contributed by atoms with E-state index in [-0.39, 0.29) is 36.9 Å². The lowest BCUT2D eigenvalue weighted by Gasteiger charge is -2.36. The number of alkyl carbamates (subject to hydrolysis) is 1. The summed E-state index contributed by atoms with van der Waals surface area (Å²) in [6.45, 7) is 4.42. The molecule has 248 valence electrons. The van der Waals surface area contributed by atoms with E-state index in [0.29, 0.717) is 25.2 Å². The largest absolute Gasteiger partial charge is 0.497 e. The van der Waals surface area contributed by atoms with Gasteiger partial charge in [0.05, 0.1) is 55.9 Å². The highest BCUT2D eigenvalue weighted by atomic mass is 32.2. The van der Waals surface area contributed by atoms with Crippen molar-refractivity contribution >= 4 is 22.2 Å². The molecule has 2 aromatic carbocycles. The second-order valence-corrected chi connectivity index (χ2v) is 13.8. The first kappa shape index (κ1) is 34.4. The minimum Gasteiger partial charge on any atom is -0.497 e. The predicted molar refractivity (Wildman–Crippen MR) is 163 cm³/mol. The molecule has 2 amide bonds. The third-order valence-electron chi connectivity index (χ3n) is 8.14. The fourth-order valence-electron chi connectivity index (χ4n) is 5.66. The maximum Gasteiger partial charge on any atom is 0.407 e. The molecule has 2 heterocycles. The van der Waals surface area contributed by atoms with Gasteiger partial charge >= 0.3 is 12.2 Å². The molecule has 2 aliphatic rings. The summed E-state index contributed by atoms with van der Waals surface area (Å²) >= 11 is 0. The van der Waals surface area contributed by atoms with Crippen LogP contribution in [0.2, 0.25) is 0 Å². The van der Waals surface area contributed by atoms with Crippen molar-refractivity contribution in [2.45, 2.75) is 75.0 Å². The van der Waals surface area contributed by atoms with Crippen LogP contribution in [0.15, 0.2) is 59.5 Å². The summed E-state index contributed by atoms with van der Waals surface area (Å²) in [7, 11) is -2.67. The van der Waals surface area contributed by atoms with Crippen LogP contribution >= 0.6 is 0 Å². The quantitative estimate of drug-likeness (QED) is 0.224. The highest BCUT2D eigenvalue weighted by Gasteiger charge is 2.44. The number of aliphatic hydroxyl groups excluding tert-OH is 1. The van der Waals surface area contributed by atoms with Crippen molar-refractivity contribution in [1.82, 2.24) is 10.0 Å². The van der Waals surface area contributed by atoms with E-state index in [9.17, 15) is 23.1 Å². The van der Waals surface area contributed by atoms with Crippen LogP contribution in [0.5, 0.6) is 5.75 Å². The number of nitrogens with one attached hydrogen (secondary N) is 2. The Balaban J connectivity index is 1.58. The Hall–Kier alpha value is -3.43. The molecule has 4 rings (SSSR count). The number of nitrogens with two attached hydrogens (primary N) is 1. The van der Waals surface area contributed by atoms with Crippen molar-refractivity contribution in [1.29, 1.82) is 0 Å². The Kier molecular flexibility index (Phi) is 11.7. The van der Waals surface area contributed by atoms with Crippen molar-refractivity contribution in [2.24, 2.45) is 17.1 Å². The summed E-state index contributed by atoms with van der Waals surface area (Å²) in [5.74, 6) is 0.399. The molecule has 0 aromatic heterocycles. The lowest BCUT2D eigenvalue weighted by Crippen LogP contribution is -2.56. The van der Waals surface area contributed by atoms with Crippen LogP contribution < -0.4 is 20.5 Å². The van der Waals surface area contributed by atoms with Gasteiger partial charge in [0.2, 0.25) is 10.0 Å². The lowest BCUT2D eigenvalue weighted by molar-refractivity contribution is -0.0907. The van der Waals surface area contributed by atoms with Gasteiger partial charge in [-0.2, -0.15) is 0 Å². The van der Waals surface area contributed by atoms with Gasteiger partial charge in [0.1, 0.15) is 11.9 Å². The van der Waals surface area contributed by atoms with Crippen LogP contribution in [0.1, 0.15) is 38.7 Å². The van der Waals surface area contributed by atoms with Gasteiger partial charge < -0.3 is 39.8 Å². The van der Waals surface area contributed by atoms with E-state index in [0.717, 1.165) is 5.56 Å². The van der Waals surface area contributed by atoms with Crippen molar-refractivity contribution in [3.8, 4) is 5.75 Å². The Morgan fingerprint density at radius 3 is 2.47 bits per heavy atom. The lowest BCUT2D eigenvalue weighted by atomic mass is 9.80.